The molecule has 2 atom stereocenters. The van der Waals surface area contributed by atoms with E-state index in [2.05, 4.69) is 19.0 Å². The molecule has 0 saturated heterocycles. The van der Waals surface area contributed by atoms with Gasteiger partial charge in [-0.2, -0.15) is 0 Å². The Morgan fingerprint density at radius 2 is 2.00 bits per heavy atom. The van der Waals surface area contributed by atoms with Gasteiger partial charge >= 0.3 is 5.97 Å². The van der Waals surface area contributed by atoms with Crippen LogP contribution in [0.2, 0.25) is 0 Å². The van der Waals surface area contributed by atoms with Crippen molar-refractivity contribution in [3.05, 3.63) is 0 Å². The van der Waals surface area contributed by atoms with Gasteiger partial charge in [-0.05, 0) is 45.7 Å². The van der Waals surface area contributed by atoms with Gasteiger partial charge in [0.25, 0.3) is 0 Å². The Kier molecular flexibility index (Phi) is 4.39. The van der Waals surface area contributed by atoms with Gasteiger partial charge in [0.05, 0.1) is 0 Å². The molecule has 0 radical (unpaired) electrons. The van der Waals surface area contributed by atoms with Crippen molar-refractivity contribution in [2.45, 2.75) is 44.6 Å². The van der Waals surface area contributed by atoms with Crippen LogP contribution in [0.3, 0.4) is 0 Å². The average molecular weight is 199 g/mol. The third kappa shape index (κ3) is 3.66. The molecule has 1 aliphatic rings. The summed E-state index contributed by atoms with van der Waals surface area (Å²) >= 11 is 0. The van der Waals surface area contributed by atoms with Crippen LogP contribution in [0.1, 0.15) is 38.5 Å². The molecule has 1 aliphatic carbocycles. The Hall–Kier alpha value is -0.570. The fourth-order valence-corrected chi connectivity index (χ4v) is 2.33. The van der Waals surface area contributed by atoms with Gasteiger partial charge in [0.15, 0.2) is 0 Å². The zero-order valence-electron chi connectivity index (χ0n) is 9.20. The Bertz CT molecular complexity index is 192. The number of hydrogen-bond acceptors (Lipinski definition) is 2. The monoisotopic (exact) mass is 199 g/mol. The van der Waals surface area contributed by atoms with Gasteiger partial charge in [0.1, 0.15) is 0 Å². The second kappa shape index (κ2) is 5.35. The molecule has 3 heteroatoms. The van der Waals surface area contributed by atoms with E-state index in [4.69, 9.17) is 5.11 Å². The fourth-order valence-electron chi connectivity index (χ4n) is 2.33. The van der Waals surface area contributed by atoms with E-state index in [9.17, 15) is 4.79 Å². The second-order valence-electron chi connectivity index (χ2n) is 4.59. The Morgan fingerprint density at radius 1 is 1.29 bits per heavy atom. The fraction of sp³-hybridized carbons (Fsp3) is 0.909. The quantitative estimate of drug-likeness (QED) is 0.706. The number of carbonyl (C=O) groups is 1. The highest BCUT2D eigenvalue weighted by atomic mass is 16.4. The summed E-state index contributed by atoms with van der Waals surface area (Å²) < 4.78 is 0. The topological polar surface area (TPSA) is 40.5 Å². The molecule has 2 unspecified atom stereocenters. The van der Waals surface area contributed by atoms with Gasteiger partial charge in [0, 0.05) is 12.5 Å². The molecule has 0 heterocycles. The third-order valence-corrected chi connectivity index (χ3v) is 3.25. The van der Waals surface area contributed by atoms with Crippen LogP contribution in [0.4, 0.5) is 0 Å². The lowest BCUT2D eigenvalue weighted by molar-refractivity contribution is -0.138. The van der Waals surface area contributed by atoms with Crippen molar-refractivity contribution in [1.29, 1.82) is 0 Å². The minimum absolute atomic E-state index is 0.361. The zero-order chi connectivity index (χ0) is 10.6. The summed E-state index contributed by atoms with van der Waals surface area (Å²) in [5.74, 6) is -0.226. The van der Waals surface area contributed by atoms with Crippen molar-refractivity contribution in [1.82, 2.24) is 4.90 Å². The molecular weight excluding hydrogens is 178 g/mol. The van der Waals surface area contributed by atoms with E-state index >= 15 is 0 Å². The number of aliphatic carboxylic acids is 1. The van der Waals surface area contributed by atoms with Gasteiger partial charge in [-0.25, -0.2) is 0 Å². The van der Waals surface area contributed by atoms with Crippen LogP contribution < -0.4 is 0 Å². The van der Waals surface area contributed by atoms with Crippen molar-refractivity contribution in [3.8, 4) is 0 Å². The van der Waals surface area contributed by atoms with Gasteiger partial charge in [-0.3, -0.25) is 4.79 Å². The van der Waals surface area contributed by atoms with E-state index in [-0.39, 0.29) is 0 Å². The molecule has 0 aromatic carbocycles. The van der Waals surface area contributed by atoms with Crippen LogP contribution in [0.5, 0.6) is 0 Å². The molecule has 0 aromatic rings. The zero-order valence-corrected chi connectivity index (χ0v) is 9.20. The molecule has 3 nitrogen and oxygen atoms in total. The van der Waals surface area contributed by atoms with E-state index in [1.165, 1.54) is 12.8 Å². The highest BCUT2D eigenvalue weighted by Gasteiger charge is 2.21. The molecular formula is C11H21NO2. The van der Waals surface area contributed by atoms with E-state index in [0.717, 1.165) is 19.3 Å². The summed E-state index contributed by atoms with van der Waals surface area (Å²) in [5.41, 5.74) is 0. The van der Waals surface area contributed by atoms with Crippen LogP contribution in [-0.4, -0.2) is 36.1 Å². The minimum atomic E-state index is -0.640. The predicted molar refractivity (Wildman–Crippen MR) is 56.3 cm³/mol. The summed E-state index contributed by atoms with van der Waals surface area (Å²) in [6.45, 7) is 0. The Labute approximate surface area is 86.1 Å². The lowest BCUT2D eigenvalue weighted by atomic mass is 9.97. The van der Waals surface area contributed by atoms with Crippen LogP contribution in [0.25, 0.3) is 0 Å². The predicted octanol–water partition coefficient (Wildman–Crippen LogP) is 1.97. The summed E-state index contributed by atoms with van der Waals surface area (Å²) in [4.78, 5) is 12.9. The number of nitrogens with zero attached hydrogens (tertiary/aromatic N) is 1. The van der Waals surface area contributed by atoms with Crippen molar-refractivity contribution in [2.75, 3.05) is 14.1 Å². The van der Waals surface area contributed by atoms with E-state index in [1.807, 2.05) is 0 Å². The molecule has 1 N–H and O–H groups in total. The third-order valence-electron chi connectivity index (χ3n) is 3.25. The van der Waals surface area contributed by atoms with Gasteiger partial charge < -0.3 is 10.0 Å². The van der Waals surface area contributed by atoms with Crippen LogP contribution in [0.15, 0.2) is 0 Å². The van der Waals surface area contributed by atoms with E-state index in [1.54, 1.807) is 0 Å². The molecule has 1 saturated carbocycles. The molecule has 82 valence electrons. The van der Waals surface area contributed by atoms with Gasteiger partial charge in [-0.15, -0.1) is 0 Å². The lowest BCUT2D eigenvalue weighted by Gasteiger charge is -2.22. The van der Waals surface area contributed by atoms with Crippen molar-refractivity contribution in [2.24, 2.45) is 5.92 Å². The molecule has 0 spiro atoms. The molecule has 0 aliphatic heterocycles. The summed E-state index contributed by atoms with van der Waals surface area (Å²) in [7, 11) is 4.23. The van der Waals surface area contributed by atoms with Crippen molar-refractivity contribution in [3.63, 3.8) is 0 Å². The highest BCUT2D eigenvalue weighted by molar-refractivity contribution is 5.66. The molecule has 1 rings (SSSR count). The number of rotatable bonds is 3. The highest BCUT2D eigenvalue weighted by Crippen LogP contribution is 2.27. The molecule has 0 bridgehead atoms. The first kappa shape index (κ1) is 11.5. The first-order valence-electron chi connectivity index (χ1n) is 5.48. The summed E-state index contributed by atoms with van der Waals surface area (Å²) in [6.07, 6.45) is 6.10. The van der Waals surface area contributed by atoms with Crippen LogP contribution in [0, 0.1) is 5.92 Å². The Balaban J connectivity index is 2.36. The van der Waals surface area contributed by atoms with Crippen LogP contribution >= 0.6 is 0 Å². The normalized spacial score (nSPS) is 28.8. The lowest BCUT2D eigenvalue weighted by Crippen LogP contribution is -2.27. The molecule has 0 amide bonds. The van der Waals surface area contributed by atoms with E-state index in [0.29, 0.717) is 18.4 Å². The Morgan fingerprint density at radius 3 is 2.57 bits per heavy atom. The second-order valence-corrected chi connectivity index (χ2v) is 4.59. The average Bonchev–Trinajstić information content (AvgIpc) is 2.28. The smallest absolute Gasteiger partial charge is 0.303 e. The molecule has 1 fully saturated rings. The summed E-state index contributed by atoms with van der Waals surface area (Å²) in [6, 6.07) is 0.661. The minimum Gasteiger partial charge on any atom is -0.481 e. The summed E-state index contributed by atoms with van der Waals surface area (Å²) in [5, 5.41) is 8.72. The maximum absolute atomic E-state index is 10.6. The van der Waals surface area contributed by atoms with Crippen LogP contribution in [-0.2, 0) is 4.79 Å². The van der Waals surface area contributed by atoms with Crippen molar-refractivity contribution >= 4 is 5.97 Å². The van der Waals surface area contributed by atoms with Gasteiger partial charge in [0.2, 0.25) is 0 Å². The largest absolute Gasteiger partial charge is 0.481 e. The number of carboxylic acids is 1. The first-order chi connectivity index (χ1) is 6.59. The maximum Gasteiger partial charge on any atom is 0.303 e. The number of hydrogen-bond donors (Lipinski definition) is 1. The SMILES string of the molecule is CN(C)C1CCCC(CC(=O)O)CC1. The van der Waals surface area contributed by atoms with Crippen molar-refractivity contribution < 1.29 is 9.90 Å². The standard InChI is InChI=1S/C11H21NO2/c1-12(2)10-5-3-4-9(6-7-10)8-11(13)14/h9-10H,3-8H2,1-2H3,(H,13,14). The van der Waals surface area contributed by atoms with Gasteiger partial charge in [-0.1, -0.05) is 6.42 Å². The number of carboxylic acid groups (broad SMARTS) is 1. The first-order valence-corrected chi connectivity index (χ1v) is 5.48. The molecule has 0 aromatic heterocycles. The molecule has 14 heavy (non-hydrogen) atoms. The maximum atomic E-state index is 10.6. The van der Waals surface area contributed by atoms with E-state index < -0.39 is 5.97 Å².